The first-order chi connectivity index (χ1) is 11.0. The Balaban J connectivity index is 1.86. The number of carbonyl (C=O) groups is 2. The maximum atomic E-state index is 12.1. The minimum Gasteiger partial charge on any atom is -0.408 e. The summed E-state index contributed by atoms with van der Waals surface area (Å²) in [6.45, 7) is -0.260. The molecule has 0 aliphatic carbocycles. The van der Waals surface area contributed by atoms with E-state index in [4.69, 9.17) is 21.8 Å². The Kier molecular flexibility index (Phi) is 3.93. The van der Waals surface area contributed by atoms with E-state index < -0.39 is 17.6 Å². The normalized spacial score (nSPS) is 10.8. The molecule has 3 N–H and O–H groups in total. The first-order valence-corrected chi connectivity index (χ1v) is 7.67. The van der Waals surface area contributed by atoms with Crippen LogP contribution < -0.4 is 16.8 Å². The molecule has 0 aliphatic rings. The summed E-state index contributed by atoms with van der Waals surface area (Å²) in [7, 11) is 0. The Hall–Kier alpha value is -2.58. The van der Waals surface area contributed by atoms with E-state index in [0.717, 1.165) is 0 Å². The van der Waals surface area contributed by atoms with Gasteiger partial charge in [0.05, 0.1) is 11.1 Å². The van der Waals surface area contributed by atoms with Gasteiger partial charge in [-0.3, -0.25) is 14.2 Å². The Morgan fingerprint density at radius 1 is 1.35 bits per heavy atom. The van der Waals surface area contributed by atoms with Gasteiger partial charge in [-0.2, -0.15) is 0 Å². The van der Waals surface area contributed by atoms with Crippen LogP contribution in [0.15, 0.2) is 38.9 Å². The molecule has 0 aliphatic heterocycles. The van der Waals surface area contributed by atoms with Gasteiger partial charge in [0.1, 0.15) is 11.5 Å². The second kappa shape index (κ2) is 5.90. The molecule has 2 amide bonds. The summed E-state index contributed by atoms with van der Waals surface area (Å²) in [6, 6.07) is 6.20. The molecule has 0 bridgehead atoms. The van der Waals surface area contributed by atoms with Crippen molar-refractivity contribution in [2.24, 2.45) is 5.73 Å². The fourth-order valence-electron chi connectivity index (χ4n) is 2.10. The highest BCUT2D eigenvalue weighted by Gasteiger charge is 2.16. The average molecular weight is 352 g/mol. The smallest absolute Gasteiger partial charge is 0.408 e. The van der Waals surface area contributed by atoms with Gasteiger partial charge in [0, 0.05) is 11.1 Å². The number of benzene rings is 1. The number of hydrogen-bond donors (Lipinski definition) is 2. The van der Waals surface area contributed by atoms with E-state index in [1.165, 1.54) is 28.0 Å². The number of aromatic nitrogens is 1. The lowest BCUT2D eigenvalue weighted by Crippen LogP contribution is -2.25. The number of fused-ring (bicyclic) bond motifs is 1. The third-order valence-electron chi connectivity index (χ3n) is 3.12. The van der Waals surface area contributed by atoms with Crippen LogP contribution >= 0.6 is 22.9 Å². The summed E-state index contributed by atoms with van der Waals surface area (Å²) < 4.78 is 6.23. The molecule has 2 heterocycles. The van der Waals surface area contributed by atoms with Crippen molar-refractivity contribution in [1.82, 2.24) is 4.57 Å². The molecule has 3 rings (SSSR count). The molecule has 0 spiro atoms. The molecule has 0 saturated heterocycles. The van der Waals surface area contributed by atoms with Gasteiger partial charge in [-0.05, 0) is 23.6 Å². The van der Waals surface area contributed by atoms with Crippen LogP contribution in [0.4, 0.5) is 5.00 Å². The number of carbonyl (C=O) groups excluding carboxylic acids is 2. The predicted molar refractivity (Wildman–Crippen MR) is 87.0 cm³/mol. The minimum atomic E-state index is -0.668. The van der Waals surface area contributed by atoms with E-state index in [0.29, 0.717) is 21.1 Å². The zero-order valence-corrected chi connectivity index (χ0v) is 13.1. The summed E-state index contributed by atoms with van der Waals surface area (Å²) >= 11 is 7.00. The highest BCUT2D eigenvalue weighted by atomic mass is 35.5. The van der Waals surface area contributed by atoms with Crippen LogP contribution in [0.3, 0.4) is 0 Å². The van der Waals surface area contributed by atoms with E-state index in [9.17, 15) is 14.4 Å². The molecule has 0 fully saturated rings. The largest absolute Gasteiger partial charge is 0.420 e. The molecule has 0 unspecified atom stereocenters. The molecule has 0 radical (unpaired) electrons. The predicted octanol–water partition coefficient (Wildman–Crippen LogP) is 2.05. The lowest BCUT2D eigenvalue weighted by atomic mass is 10.3. The monoisotopic (exact) mass is 351 g/mol. The number of primary amides is 1. The number of nitrogens with two attached hydrogens (primary N) is 1. The van der Waals surface area contributed by atoms with E-state index in [1.54, 1.807) is 17.5 Å². The second-order valence-electron chi connectivity index (χ2n) is 4.64. The third-order valence-corrected chi connectivity index (χ3v) is 4.18. The van der Waals surface area contributed by atoms with Gasteiger partial charge < -0.3 is 15.5 Å². The van der Waals surface area contributed by atoms with Crippen LogP contribution in [0, 0.1) is 0 Å². The topological polar surface area (TPSA) is 107 Å². The summed E-state index contributed by atoms with van der Waals surface area (Å²) in [5, 5.41) is 4.96. The maximum absolute atomic E-state index is 12.1. The molecule has 1 aromatic carbocycles. The van der Waals surface area contributed by atoms with Gasteiger partial charge >= 0.3 is 5.76 Å². The summed E-state index contributed by atoms with van der Waals surface area (Å²) in [4.78, 5) is 35.2. The van der Waals surface area contributed by atoms with Crippen molar-refractivity contribution in [3.63, 3.8) is 0 Å². The van der Waals surface area contributed by atoms with Crippen molar-refractivity contribution < 1.29 is 14.0 Å². The number of halogens is 1. The molecule has 7 nitrogen and oxygen atoms in total. The average Bonchev–Trinajstić information content (AvgIpc) is 3.04. The number of hydrogen-bond acceptors (Lipinski definition) is 5. The number of anilines is 1. The van der Waals surface area contributed by atoms with Crippen LogP contribution in [0.1, 0.15) is 10.4 Å². The number of oxazole rings is 1. The lowest BCUT2D eigenvalue weighted by Gasteiger charge is -2.05. The van der Waals surface area contributed by atoms with Crippen LogP contribution in [-0.2, 0) is 11.3 Å². The molecule has 23 heavy (non-hydrogen) atoms. The van der Waals surface area contributed by atoms with E-state index in [2.05, 4.69) is 5.32 Å². The SMILES string of the molecule is NC(=O)c1ccsc1NC(=O)Cn1c(=O)oc2cc(Cl)ccc21. The Morgan fingerprint density at radius 2 is 2.13 bits per heavy atom. The third kappa shape index (κ3) is 2.99. The fraction of sp³-hybridized carbons (Fsp3) is 0.0714. The molecule has 118 valence electrons. The van der Waals surface area contributed by atoms with E-state index in [1.807, 2.05) is 0 Å². The first-order valence-electron chi connectivity index (χ1n) is 6.42. The lowest BCUT2D eigenvalue weighted by molar-refractivity contribution is -0.116. The number of thiophene rings is 1. The zero-order chi connectivity index (χ0) is 16.6. The van der Waals surface area contributed by atoms with Crippen molar-refractivity contribution in [1.29, 1.82) is 0 Å². The maximum Gasteiger partial charge on any atom is 0.420 e. The zero-order valence-electron chi connectivity index (χ0n) is 11.5. The van der Waals surface area contributed by atoms with Gasteiger partial charge in [-0.15, -0.1) is 11.3 Å². The fourth-order valence-corrected chi connectivity index (χ4v) is 3.07. The Morgan fingerprint density at radius 3 is 2.87 bits per heavy atom. The molecule has 9 heteroatoms. The summed E-state index contributed by atoms with van der Waals surface area (Å²) in [6.07, 6.45) is 0. The molecule has 2 aromatic heterocycles. The van der Waals surface area contributed by atoms with Crippen molar-refractivity contribution >= 4 is 50.9 Å². The van der Waals surface area contributed by atoms with Gasteiger partial charge in [0.15, 0.2) is 5.58 Å². The number of amides is 2. The first kappa shape index (κ1) is 15.3. The van der Waals surface area contributed by atoms with Crippen molar-refractivity contribution in [2.45, 2.75) is 6.54 Å². The second-order valence-corrected chi connectivity index (χ2v) is 5.99. The quantitative estimate of drug-likeness (QED) is 0.749. The van der Waals surface area contributed by atoms with Crippen molar-refractivity contribution in [2.75, 3.05) is 5.32 Å². The molecular formula is C14H10ClN3O4S. The molecule has 0 saturated carbocycles. The van der Waals surface area contributed by atoms with Crippen LogP contribution in [-0.4, -0.2) is 16.4 Å². The Labute approximate surface area is 138 Å². The molecular weight excluding hydrogens is 342 g/mol. The standard InChI is InChI=1S/C14H10ClN3O4S/c15-7-1-2-9-10(5-7)22-14(21)18(9)6-11(19)17-13-8(12(16)20)3-4-23-13/h1-5H,6H2,(H2,16,20)(H,17,19). The Bertz CT molecular complexity index is 972. The molecule has 3 aromatic rings. The number of nitrogens with zero attached hydrogens (tertiary/aromatic N) is 1. The van der Waals surface area contributed by atoms with Gasteiger partial charge in [0.25, 0.3) is 5.91 Å². The number of rotatable bonds is 4. The van der Waals surface area contributed by atoms with Gasteiger partial charge in [0.2, 0.25) is 5.91 Å². The number of nitrogens with one attached hydrogen (secondary N) is 1. The van der Waals surface area contributed by atoms with Crippen LogP contribution in [0.2, 0.25) is 5.02 Å². The minimum absolute atomic E-state index is 0.222. The summed E-state index contributed by atoms with van der Waals surface area (Å²) in [5.74, 6) is -1.78. The molecule has 0 atom stereocenters. The van der Waals surface area contributed by atoms with Crippen molar-refractivity contribution in [3.05, 3.63) is 50.8 Å². The highest BCUT2D eigenvalue weighted by Crippen LogP contribution is 2.23. The van der Waals surface area contributed by atoms with Gasteiger partial charge in [-0.1, -0.05) is 11.6 Å². The van der Waals surface area contributed by atoms with Crippen LogP contribution in [0.5, 0.6) is 0 Å². The van der Waals surface area contributed by atoms with Crippen molar-refractivity contribution in [3.8, 4) is 0 Å². The van der Waals surface area contributed by atoms with E-state index in [-0.39, 0.29) is 12.1 Å². The summed E-state index contributed by atoms with van der Waals surface area (Å²) in [5.41, 5.74) is 6.19. The van der Waals surface area contributed by atoms with E-state index >= 15 is 0 Å². The highest BCUT2D eigenvalue weighted by molar-refractivity contribution is 7.14. The van der Waals surface area contributed by atoms with Crippen LogP contribution in [0.25, 0.3) is 11.1 Å². The van der Waals surface area contributed by atoms with Gasteiger partial charge in [-0.25, -0.2) is 4.79 Å².